The van der Waals surface area contributed by atoms with Gasteiger partial charge in [-0.1, -0.05) is 42.5 Å². The molecule has 0 aliphatic rings. The van der Waals surface area contributed by atoms with Gasteiger partial charge in [0.15, 0.2) is 0 Å². The molecular weight excluding hydrogens is 330 g/mol. The fourth-order valence-electron chi connectivity index (χ4n) is 2.60. The fraction of sp³-hybridized carbons (Fsp3) is 0.250. The van der Waals surface area contributed by atoms with Crippen molar-refractivity contribution in [1.29, 1.82) is 0 Å². The number of amides is 1. The maximum Gasteiger partial charge on any atom is 0.407 e. The van der Waals surface area contributed by atoms with Crippen molar-refractivity contribution in [2.75, 3.05) is 0 Å². The topological polar surface area (TPSA) is 84.1 Å². The fourth-order valence-corrected chi connectivity index (χ4v) is 2.60. The van der Waals surface area contributed by atoms with Crippen molar-refractivity contribution in [3.05, 3.63) is 64.4 Å². The molecule has 2 aromatic carbocycles. The standard InChI is InChI=1S/C20H21N3O3/c1-20(2,3)26-19(25)21-12-13-8-10-14(11-9-13)17-15-6-4-5-7-16(15)18(24)23-22-17/h4-11H,12H2,1-3H3,(H,21,25)(H,23,24). The van der Waals surface area contributed by atoms with E-state index in [1.807, 2.05) is 63.2 Å². The van der Waals surface area contributed by atoms with E-state index in [4.69, 9.17) is 4.74 Å². The van der Waals surface area contributed by atoms with E-state index in [9.17, 15) is 9.59 Å². The molecule has 0 unspecified atom stereocenters. The molecule has 0 saturated carbocycles. The average Bonchev–Trinajstić information content (AvgIpc) is 2.60. The van der Waals surface area contributed by atoms with E-state index in [2.05, 4.69) is 15.5 Å². The molecule has 134 valence electrons. The van der Waals surface area contributed by atoms with Gasteiger partial charge in [0.05, 0.1) is 11.1 Å². The molecule has 0 aliphatic heterocycles. The number of carbonyl (C=O) groups is 1. The molecule has 0 bridgehead atoms. The summed E-state index contributed by atoms with van der Waals surface area (Å²) in [6.07, 6.45) is -0.449. The van der Waals surface area contributed by atoms with Crippen molar-refractivity contribution in [3.63, 3.8) is 0 Å². The van der Waals surface area contributed by atoms with E-state index in [1.54, 1.807) is 6.07 Å². The van der Waals surface area contributed by atoms with Crippen molar-refractivity contribution < 1.29 is 9.53 Å². The quantitative estimate of drug-likeness (QED) is 0.755. The zero-order valence-electron chi connectivity index (χ0n) is 15.0. The molecule has 1 heterocycles. The van der Waals surface area contributed by atoms with Crippen LogP contribution in [0.25, 0.3) is 22.0 Å². The molecule has 1 amide bonds. The second kappa shape index (κ2) is 7.00. The Bertz CT molecular complexity index is 986. The predicted molar refractivity (Wildman–Crippen MR) is 101 cm³/mol. The molecule has 1 aromatic heterocycles. The van der Waals surface area contributed by atoms with Crippen molar-refractivity contribution >= 4 is 16.9 Å². The highest BCUT2D eigenvalue weighted by molar-refractivity contribution is 5.93. The van der Waals surface area contributed by atoms with E-state index in [1.165, 1.54) is 0 Å². The average molecular weight is 351 g/mol. The van der Waals surface area contributed by atoms with E-state index in [0.29, 0.717) is 17.6 Å². The monoisotopic (exact) mass is 351 g/mol. The molecule has 0 fully saturated rings. The van der Waals surface area contributed by atoms with Gasteiger partial charge in [-0.05, 0) is 32.4 Å². The van der Waals surface area contributed by atoms with Crippen LogP contribution in [0, 0.1) is 0 Å². The summed E-state index contributed by atoms with van der Waals surface area (Å²) in [7, 11) is 0. The van der Waals surface area contributed by atoms with Gasteiger partial charge in [0.1, 0.15) is 5.60 Å². The minimum atomic E-state index is -0.523. The molecule has 0 spiro atoms. The number of alkyl carbamates (subject to hydrolysis) is 1. The van der Waals surface area contributed by atoms with Gasteiger partial charge in [-0.15, -0.1) is 0 Å². The Kier molecular flexibility index (Phi) is 4.75. The molecule has 6 heteroatoms. The van der Waals surface area contributed by atoms with E-state index < -0.39 is 11.7 Å². The molecule has 0 aliphatic carbocycles. The van der Waals surface area contributed by atoms with E-state index >= 15 is 0 Å². The second-order valence-electron chi connectivity index (χ2n) is 7.00. The SMILES string of the molecule is CC(C)(C)OC(=O)NCc1ccc(-c2n[nH]c(=O)c3ccccc23)cc1. The van der Waals surface area contributed by atoms with Gasteiger partial charge in [-0.2, -0.15) is 5.10 Å². The van der Waals surface area contributed by atoms with Crippen LogP contribution >= 0.6 is 0 Å². The molecule has 6 nitrogen and oxygen atoms in total. The molecular formula is C20H21N3O3. The third-order valence-corrected chi connectivity index (χ3v) is 3.76. The highest BCUT2D eigenvalue weighted by atomic mass is 16.6. The van der Waals surface area contributed by atoms with Crippen molar-refractivity contribution in [2.45, 2.75) is 32.9 Å². The van der Waals surface area contributed by atoms with Gasteiger partial charge in [0, 0.05) is 17.5 Å². The number of nitrogens with one attached hydrogen (secondary N) is 2. The molecule has 26 heavy (non-hydrogen) atoms. The highest BCUT2D eigenvalue weighted by Gasteiger charge is 2.15. The Morgan fingerprint density at radius 1 is 1.08 bits per heavy atom. The molecule has 3 aromatic rings. The predicted octanol–water partition coefficient (Wildman–Crippen LogP) is 3.61. The largest absolute Gasteiger partial charge is 0.444 e. The first-order chi connectivity index (χ1) is 12.3. The van der Waals surface area contributed by atoms with Gasteiger partial charge < -0.3 is 10.1 Å². The number of hydrogen-bond acceptors (Lipinski definition) is 4. The van der Waals surface area contributed by atoms with Crippen LogP contribution in [0.5, 0.6) is 0 Å². The first-order valence-corrected chi connectivity index (χ1v) is 8.37. The number of H-pyrrole nitrogens is 1. The lowest BCUT2D eigenvalue weighted by Crippen LogP contribution is -2.32. The smallest absolute Gasteiger partial charge is 0.407 e. The summed E-state index contributed by atoms with van der Waals surface area (Å²) >= 11 is 0. The van der Waals surface area contributed by atoms with Crippen LogP contribution in [0.4, 0.5) is 4.79 Å². The van der Waals surface area contributed by atoms with Crippen LogP contribution < -0.4 is 10.9 Å². The van der Waals surface area contributed by atoms with E-state index in [0.717, 1.165) is 16.5 Å². The summed E-state index contributed by atoms with van der Waals surface area (Å²) < 4.78 is 5.22. The normalized spacial score (nSPS) is 11.3. The van der Waals surface area contributed by atoms with Gasteiger partial charge in [-0.3, -0.25) is 4.79 Å². The van der Waals surface area contributed by atoms with Crippen LogP contribution in [0.3, 0.4) is 0 Å². The summed E-state index contributed by atoms with van der Waals surface area (Å²) in [4.78, 5) is 23.6. The van der Waals surface area contributed by atoms with Crippen molar-refractivity contribution in [1.82, 2.24) is 15.5 Å². The molecule has 0 atom stereocenters. The molecule has 0 saturated heterocycles. The van der Waals surface area contributed by atoms with Crippen LogP contribution in [-0.2, 0) is 11.3 Å². The number of carbonyl (C=O) groups excluding carboxylic acids is 1. The van der Waals surface area contributed by atoms with Crippen LogP contribution in [-0.4, -0.2) is 21.9 Å². The minimum Gasteiger partial charge on any atom is -0.444 e. The summed E-state index contributed by atoms with van der Waals surface area (Å²) in [5.74, 6) is 0. The van der Waals surface area contributed by atoms with Crippen molar-refractivity contribution in [3.8, 4) is 11.3 Å². The Morgan fingerprint density at radius 2 is 1.73 bits per heavy atom. The summed E-state index contributed by atoms with van der Waals surface area (Å²) in [5.41, 5.74) is 1.81. The summed E-state index contributed by atoms with van der Waals surface area (Å²) in [6.45, 7) is 5.84. The number of fused-ring (bicyclic) bond motifs is 1. The third-order valence-electron chi connectivity index (χ3n) is 3.76. The van der Waals surface area contributed by atoms with Gasteiger partial charge in [0.25, 0.3) is 5.56 Å². The maximum absolute atomic E-state index is 11.9. The maximum atomic E-state index is 11.9. The number of benzene rings is 2. The van der Waals surface area contributed by atoms with Crippen LogP contribution in [0.15, 0.2) is 53.3 Å². The number of ether oxygens (including phenoxy) is 1. The number of aromatic amines is 1. The number of aromatic nitrogens is 2. The lowest BCUT2D eigenvalue weighted by molar-refractivity contribution is 0.0523. The lowest BCUT2D eigenvalue weighted by Gasteiger charge is -2.19. The Balaban J connectivity index is 1.78. The van der Waals surface area contributed by atoms with Gasteiger partial charge in [-0.25, -0.2) is 9.89 Å². The number of nitrogens with zero attached hydrogens (tertiary/aromatic N) is 1. The first-order valence-electron chi connectivity index (χ1n) is 8.37. The van der Waals surface area contributed by atoms with Gasteiger partial charge in [0.2, 0.25) is 0 Å². The van der Waals surface area contributed by atoms with Gasteiger partial charge >= 0.3 is 6.09 Å². The minimum absolute atomic E-state index is 0.206. The Morgan fingerprint density at radius 3 is 2.38 bits per heavy atom. The highest BCUT2D eigenvalue weighted by Crippen LogP contribution is 2.24. The summed E-state index contributed by atoms with van der Waals surface area (Å²) in [6, 6.07) is 15.0. The second-order valence-corrected chi connectivity index (χ2v) is 7.00. The Labute approximate surface area is 151 Å². The Hall–Kier alpha value is -3.15. The number of hydrogen-bond donors (Lipinski definition) is 2. The van der Waals surface area contributed by atoms with Crippen LogP contribution in [0.1, 0.15) is 26.3 Å². The molecule has 0 radical (unpaired) electrons. The number of rotatable bonds is 3. The van der Waals surface area contributed by atoms with Crippen LogP contribution in [0.2, 0.25) is 0 Å². The first kappa shape index (κ1) is 17.7. The molecule has 2 N–H and O–H groups in total. The zero-order chi connectivity index (χ0) is 18.7. The van der Waals surface area contributed by atoms with E-state index in [-0.39, 0.29) is 5.56 Å². The zero-order valence-corrected chi connectivity index (χ0v) is 15.0. The third kappa shape index (κ3) is 4.08. The van der Waals surface area contributed by atoms with Crippen molar-refractivity contribution in [2.24, 2.45) is 0 Å². The summed E-state index contributed by atoms with van der Waals surface area (Å²) in [5, 5.41) is 10.9. The lowest BCUT2D eigenvalue weighted by atomic mass is 10.0. The molecule has 3 rings (SSSR count).